The van der Waals surface area contributed by atoms with Gasteiger partial charge in [-0.25, -0.2) is 4.98 Å². The van der Waals surface area contributed by atoms with Crippen LogP contribution in [-0.2, 0) is 11.3 Å². The molecule has 0 aliphatic carbocycles. The second-order valence-electron chi connectivity index (χ2n) is 7.80. The normalized spacial score (nSPS) is 12.0. The molecule has 1 unspecified atom stereocenters. The van der Waals surface area contributed by atoms with Crippen LogP contribution >= 0.6 is 22.7 Å². The van der Waals surface area contributed by atoms with E-state index in [1.807, 2.05) is 84.4 Å². The van der Waals surface area contributed by atoms with Gasteiger partial charge in [-0.05, 0) is 29.5 Å². The molecule has 0 spiro atoms. The lowest BCUT2D eigenvalue weighted by atomic mass is 10.0. The largest absolute Gasteiger partial charge is 0.343 e. The molecule has 33 heavy (non-hydrogen) atoms. The molecule has 0 saturated carbocycles. The molecular formula is C26H21N3O2S2. The van der Waals surface area contributed by atoms with E-state index < -0.39 is 0 Å². The van der Waals surface area contributed by atoms with Crippen molar-refractivity contribution in [2.75, 3.05) is 0 Å². The number of carbonyl (C=O) groups is 1. The van der Waals surface area contributed by atoms with Crippen LogP contribution in [0.3, 0.4) is 0 Å². The first-order chi connectivity index (χ1) is 16.1. The van der Waals surface area contributed by atoms with Crippen LogP contribution in [0.4, 0.5) is 0 Å². The molecule has 5 aromatic rings. The van der Waals surface area contributed by atoms with Gasteiger partial charge in [-0.2, -0.15) is 0 Å². The van der Waals surface area contributed by atoms with Gasteiger partial charge in [-0.15, -0.1) is 22.7 Å². The van der Waals surface area contributed by atoms with Crippen LogP contribution in [0.15, 0.2) is 88.6 Å². The third-order valence-electron chi connectivity index (χ3n) is 5.50. The van der Waals surface area contributed by atoms with Crippen molar-refractivity contribution >= 4 is 38.8 Å². The highest BCUT2D eigenvalue weighted by Crippen LogP contribution is 2.30. The standard InChI is InChI=1S/C26H21N3O2S2/c1-17-9-11-19(12-10-17)24(21-8-5-13-32-21)28-22(30)14-29-16-27-25-23(26(29)31)20(15-33-25)18-6-3-2-4-7-18/h2-13,15-16,24H,14H2,1H3,(H,28,30). The number of nitrogens with zero attached hydrogens (tertiary/aromatic N) is 2. The molecule has 5 nitrogen and oxygen atoms in total. The van der Waals surface area contributed by atoms with E-state index in [4.69, 9.17) is 0 Å². The molecule has 1 N–H and O–H groups in total. The molecule has 164 valence electrons. The third kappa shape index (κ3) is 4.37. The lowest BCUT2D eigenvalue weighted by molar-refractivity contribution is -0.122. The van der Waals surface area contributed by atoms with E-state index in [0.29, 0.717) is 10.2 Å². The highest BCUT2D eigenvalue weighted by molar-refractivity contribution is 7.17. The Bertz CT molecular complexity index is 1450. The highest BCUT2D eigenvalue weighted by Gasteiger charge is 2.19. The summed E-state index contributed by atoms with van der Waals surface area (Å²) in [6.45, 7) is 1.94. The van der Waals surface area contributed by atoms with Gasteiger partial charge in [0.1, 0.15) is 11.4 Å². The number of amides is 1. The average Bonchev–Trinajstić information content (AvgIpc) is 3.51. The maximum atomic E-state index is 13.3. The van der Waals surface area contributed by atoms with Crippen LogP contribution < -0.4 is 10.9 Å². The minimum absolute atomic E-state index is 0.0976. The summed E-state index contributed by atoms with van der Waals surface area (Å²) in [5.41, 5.74) is 3.76. The average molecular weight is 472 g/mol. The van der Waals surface area contributed by atoms with E-state index >= 15 is 0 Å². The van der Waals surface area contributed by atoms with E-state index in [1.54, 1.807) is 11.3 Å². The first-order valence-electron chi connectivity index (χ1n) is 10.5. The fraction of sp³-hybridized carbons (Fsp3) is 0.115. The molecule has 0 aliphatic heterocycles. The molecule has 7 heteroatoms. The van der Waals surface area contributed by atoms with Gasteiger partial charge in [0.05, 0.1) is 17.8 Å². The minimum Gasteiger partial charge on any atom is -0.343 e. The Hall–Kier alpha value is -3.55. The lowest BCUT2D eigenvalue weighted by Gasteiger charge is -2.19. The van der Waals surface area contributed by atoms with Gasteiger partial charge in [0, 0.05) is 15.8 Å². The van der Waals surface area contributed by atoms with Gasteiger partial charge in [0.2, 0.25) is 5.91 Å². The van der Waals surface area contributed by atoms with Gasteiger partial charge >= 0.3 is 0 Å². The zero-order valence-corrected chi connectivity index (χ0v) is 19.5. The molecule has 3 heterocycles. The van der Waals surface area contributed by atoms with Crippen LogP contribution in [0.2, 0.25) is 0 Å². The fourth-order valence-corrected chi connectivity index (χ4v) is 5.51. The number of benzene rings is 2. The summed E-state index contributed by atoms with van der Waals surface area (Å²) < 4.78 is 1.39. The van der Waals surface area contributed by atoms with E-state index in [9.17, 15) is 9.59 Å². The number of thiophene rings is 2. The Balaban J connectivity index is 1.44. The van der Waals surface area contributed by atoms with Crippen molar-refractivity contribution in [3.05, 3.63) is 110 Å². The van der Waals surface area contributed by atoms with Gasteiger partial charge in [0.25, 0.3) is 5.56 Å². The van der Waals surface area contributed by atoms with Crippen molar-refractivity contribution < 1.29 is 4.79 Å². The molecule has 0 radical (unpaired) electrons. The predicted octanol–water partition coefficient (Wildman–Crippen LogP) is 5.40. The smallest absolute Gasteiger partial charge is 0.263 e. The zero-order valence-electron chi connectivity index (χ0n) is 17.9. The Morgan fingerprint density at radius 1 is 1.03 bits per heavy atom. The second-order valence-corrected chi connectivity index (χ2v) is 9.64. The summed E-state index contributed by atoms with van der Waals surface area (Å²) in [5.74, 6) is -0.242. The second kappa shape index (κ2) is 9.13. The fourth-order valence-electron chi connectivity index (χ4n) is 3.80. The van der Waals surface area contributed by atoms with Gasteiger partial charge in [-0.3, -0.25) is 14.2 Å². The van der Waals surface area contributed by atoms with Gasteiger partial charge in [-0.1, -0.05) is 66.2 Å². The molecule has 5 rings (SSSR count). The molecule has 0 aliphatic rings. The van der Waals surface area contributed by atoms with Crippen LogP contribution in [-0.4, -0.2) is 15.5 Å². The first kappa shape index (κ1) is 21.3. The molecule has 1 atom stereocenters. The Morgan fingerprint density at radius 3 is 2.55 bits per heavy atom. The van der Waals surface area contributed by atoms with Crippen LogP contribution in [0.25, 0.3) is 21.3 Å². The molecule has 0 saturated heterocycles. The molecule has 2 aromatic carbocycles. The van der Waals surface area contributed by atoms with Gasteiger partial charge in [0.15, 0.2) is 0 Å². The maximum Gasteiger partial charge on any atom is 0.263 e. The molecule has 3 aromatic heterocycles. The zero-order chi connectivity index (χ0) is 22.8. The number of nitrogens with one attached hydrogen (secondary N) is 1. The summed E-state index contributed by atoms with van der Waals surface area (Å²) in [5, 5.41) is 7.60. The topological polar surface area (TPSA) is 64.0 Å². The highest BCUT2D eigenvalue weighted by atomic mass is 32.1. The summed E-state index contributed by atoms with van der Waals surface area (Å²) in [6, 6.07) is 21.6. The number of carbonyl (C=O) groups excluding carboxylic acids is 1. The van der Waals surface area contributed by atoms with E-state index in [2.05, 4.69) is 10.3 Å². The summed E-state index contributed by atoms with van der Waals surface area (Å²) in [4.78, 5) is 32.5. The van der Waals surface area contributed by atoms with E-state index in [-0.39, 0.29) is 24.1 Å². The van der Waals surface area contributed by atoms with Crippen LogP contribution in [0.5, 0.6) is 0 Å². The summed E-state index contributed by atoms with van der Waals surface area (Å²) in [7, 11) is 0. The summed E-state index contributed by atoms with van der Waals surface area (Å²) in [6.07, 6.45) is 1.46. The van der Waals surface area contributed by atoms with Crippen molar-refractivity contribution in [2.24, 2.45) is 0 Å². The number of fused-ring (bicyclic) bond motifs is 1. The molecule has 0 fully saturated rings. The SMILES string of the molecule is Cc1ccc(C(NC(=O)Cn2cnc3scc(-c4ccccc4)c3c2=O)c2cccs2)cc1. The number of aromatic nitrogens is 2. The van der Waals surface area contributed by atoms with Crippen molar-refractivity contribution in [2.45, 2.75) is 19.5 Å². The van der Waals surface area contributed by atoms with Crippen molar-refractivity contribution in [1.82, 2.24) is 14.9 Å². The van der Waals surface area contributed by atoms with Crippen molar-refractivity contribution in [1.29, 1.82) is 0 Å². The van der Waals surface area contributed by atoms with Crippen LogP contribution in [0, 0.1) is 6.92 Å². The van der Waals surface area contributed by atoms with Crippen LogP contribution in [0.1, 0.15) is 22.0 Å². The Kier molecular flexibility index (Phi) is 5.90. The molecule has 1 amide bonds. The Morgan fingerprint density at radius 2 is 1.82 bits per heavy atom. The van der Waals surface area contributed by atoms with Gasteiger partial charge < -0.3 is 5.32 Å². The lowest BCUT2D eigenvalue weighted by Crippen LogP contribution is -2.35. The number of aryl methyl sites for hydroxylation is 1. The number of hydrogen-bond donors (Lipinski definition) is 1. The first-order valence-corrected chi connectivity index (χ1v) is 12.3. The van der Waals surface area contributed by atoms with E-state index in [0.717, 1.165) is 27.1 Å². The summed E-state index contributed by atoms with van der Waals surface area (Å²) >= 11 is 3.02. The van der Waals surface area contributed by atoms with Crippen molar-refractivity contribution in [3.8, 4) is 11.1 Å². The third-order valence-corrected chi connectivity index (χ3v) is 7.33. The maximum absolute atomic E-state index is 13.3. The predicted molar refractivity (Wildman–Crippen MR) is 135 cm³/mol. The van der Waals surface area contributed by atoms with Crippen molar-refractivity contribution in [3.63, 3.8) is 0 Å². The minimum atomic E-state index is -0.272. The Labute approximate surface area is 199 Å². The quantitative estimate of drug-likeness (QED) is 0.361. The van der Waals surface area contributed by atoms with E-state index in [1.165, 1.54) is 22.2 Å². The monoisotopic (exact) mass is 471 g/mol. The number of hydrogen-bond acceptors (Lipinski definition) is 5. The molecular weight excluding hydrogens is 450 g/mol. The molecule has 0 bridgehead atoms. The number of rotatable bonds is 6.